The molecule has 9 heteroatoms. The van der Waals surface area contributed by atoms with Gasteiger partial charge in [0.05, 0.1) is 18.3 Å². The first-order valence-electron chi connectivity index (χ1n) is 13.9. The van der Waals surface area contributed by atoms with E-state index in [1.807, 2.05) is 75.5 Å². The first kappa shape index (κ1) is 29.3. The highest BCUT2D eigenvalue weighted by Gasteiger charge is 2.41. The number of aromatic nitrogens is 2. The van der Waals surface area contributed by atoms with Crippen LogP contribution in [-0.2, 0) is 11.3 Å². The quantitative estimate of drug-likeness (QED) is 0.447. The van der Waals surface area contributed by atoms with Gasteiger partial charge in [-0.25, -0.2) is 14.2 Å². The molecule has 2 aromatic carbocycles. The molecule has 0 bridgehead atoms. The maximum Gasteiger partial charge on any atom is 0.320 e. The predicted octanol–water partition coefficient (Wildman–Crippen LogP) is 4.57. The van der Waals surface area contributed by atoms with Crippen molar-refractivity contribution in [3.05, 3.63) is 78.2 Å². The summed E-state index contributed by atoms with van der Waals surface area (Å²) in [4.78, 5) is 36.2. The zero-order valence-electron chi connectivity index (χ0n) is 24.0. The lowest BCUT2D eigenvalue weighted by Gasteiger charge is -2.44. The van der Waals surface area contributed by atoms with E-state index in [0.717, 1.165) is 16.8 Å². The first-order valence-corrected chi connectivity index (χ1v) is 13.9. The van der Waals surface area contributed by atoms with Crippen LogP contribution in [0, 0.1) is 5.41 Å². The number of nitrogens with two attached hydrogens (primary N) is 1. The van der Waals surface area contributed by atoms with E-state index in [2.05, 4.69) is 16.7 Å². The van der Waals surface area contributed by atoms with E-state index < -0.39 is 17.6 Å². The minimum atomic E-state index is -1.39. The number of benzene rings is 2. The molecule has 1 aliphatic rings. The molecule has 0 aliphatic carbocycles. The van der Waals surface area contributed by atoms with Gasteiger partial charge in [0.2, 0.25) is 5.91 Å². The Morgan fingerprint density at radius 3 is 2.10 bits per heavy atom. The van der Waals surface area contributed by atoms with Gasteiger partial charge in [-0.3, -0.25) is 4.79 Å². The molecule has 0 saturated carbocycles. The Hall–Kier alpha value is -3.72. The molecule has 3 aromatic rings. The maximum absolute atomic E-state index is 15.0. The summed E-state index contributed by atoms with van der Waals surface area (Å²) < 4.78 is 17.1. The molecule has 0 radical (unpaired) electrons. The van der Waals surface area contributed by atoms with Crippen LogP contribution in [0.5, 0.6) is 0 Å². The number of halogens is 1. The fourth-order valence-corrected chi connectivity index (χ4v) is 5.27. The van der Waals surface area contributed by atoms with Crippen LogP contribution in [0.3, 0.4) is 0 Å². The number of urea groups is 1. The molecule has 1 saturated heterocycles. The number of nitrogens with zero attached hydrogens (tertiary/aromatic N) is 5. The highest BCUT2D eigenvalue weighted by molar-refractivity contribution is 5.77. The van der Waals surface area contributed by atoms with Crippen LogP contribution >= 0.6 is 0 Å². The van der Waals surface area contributed by atoms with Crippen LogP contribution in [0.1, 0.15) is 45.1 Å². The van der Waals surface area contributed by atoms with E-state index in [1.165, 1.54) is 6.92 Å². The molecule has 0 unspecified atom stereocenters. The highest BCUT2D eigenvalue weighted by Crippen LogP contribution is 2.40. The minimum Gasteiger partial charge on any atom is -0.339 e. The normalized spacial score (nSPS) is 15.6. The van der Waals surface area contributed by atoms with Gasteiger partial charge in [0.1, 0.15) is 12.0 Å². The second-order valence-corrected chi connectivity index (χ2v) is 11.5. The smallest absolute Gasteiger partial charge is 0.320 e. The number of hydrogen-bond acceptors (Lipinski definition) is 4. The Morgan fingerprint density at radius 1 is 0.975 bits per heavy atom. The summed E-state index contributed by atoms with van der Waals surface area (Å²) in [6.45, 7) is 9.57. The van der Waals surface area contributed by atoms with Crippen molar-refractivity contribution in [2.24, 2.45) is 11.1 Å². The first-order chi connectivity index (χ1) is 19.1. The van der Waals surface area contributed by atoms with Gasteiger partial charge in [0, 0.05) is 58.0 Å². The lowest BCUT2D eigenvalue weighted by molar-refractivity contribution is -0.130. The zero-order chi connectivity index (χ0) is 28.9. The topological polar surface area (TPSA) is 87.7 Å². The van der Waals surface area contributed by atoms with Crippen molar-refractivity contribution in [1.29, 1.82) is 0 Å². The molecule has 8 nitrogen and oxygen atoms in total. The monoisotopic (exact) mass is 548 g/mol. The number of carbonyl (C=O) groups excluding carboxylic acids is 2. The molecular weight excluding hydrogens is 507 g/mol. The molecule has 1 aromatic heterocycles. The van der Waals surface area contributed by atoms with Gasteiger partial charge in [-0.2, -0.15) is 0 Å². The Morgan fingerprint density at radius 2 is 1.55 bits per heavy atom. The van der Waals surface area contributed by atoms with Crippen LogP contribution < -0.4 is 5.73 Å². The number of imidazole rings is 1. The lowest BCUT2D eigenvalue weighted by atomic mass is 9.84. The summed E-state index contributed by atoms with van der Waals surface area (Å²) in [6, 6.07) is 19.2. The molecule has 1 fully saturated rings. The Balaban J connectivity index is 1.79. The molecule has 2 atom stereocenters. The van der Waals surface area contributed by atoms with Gasteiger partial charge < -0.3 is 25.0 Å². The number of piperazine rings is 1. The number of hydrogen-bond donors (Lipinski definition) is 1. The van der Waals surface area contributed by atoms with E-state index >= 15 is 4.39 Å². The summed E-state index contributed by atoms with van der Waals surface area (Å²) >= 11 is 0. The van der Waals surface area contributed by atoms with Crippen LogP contribution in [0.15, 0.2) is 66.9 Å². The van der Waals surface area contributed by atoms with Crippen molar-refractivity contribution in [2.75, 3.05) is 39.3 Å². The molecular formula is C31H41FN6O2. The second-order valence-electron chi connectivity index (χ2n) is 11.5. The third-order valence-electron chi connectivity index (χ3n) is 7.34. The van der Waals surface area contributed by atoms with Gasteiger partial charge in [-0.05, 0) is 11.0 Å². The average Bonchev–Trinajstić information content (AvgIpc) is 3.35. The fourth-order valence-electron chi connectivity index (χ4n) is 5.27. The Bertz CT molecular complexity index is 1270. The Kier molecular flexibility index (Phi) is 9.25. The van der Waals surface area contributed by atoms with E-state index in [0.29, 0.717) is 38.5 Å². The average molecular weight is 549 g/mol. The Labute approximate surface area is 236 Å². The number of carbonyl (C=O) groups is 2. The van der Waals surface area contributed by atoms with Crippen molar-refractivity contribution in [3.8, 4) is 11.3 Å². The summed E-state index contributed by atoms with van der Waals surface area (Å²) in [6.07, 6.45) is 0.624. The van der Waals surface area contributed by atoms with Gasteiger partial charge >= 0.3 is 6.03 Å². The molecule has 214 valence electrons. The minimum absolute atomic E-state index is 0.0140. The third kappa shape index (κ3) is 6.88. The molecule has 40 heavy (non-hydrogen) atoms. The molecule has 3 amide bonds. The number of rotatable bonds is 8. The van der Waals surface area contributed by atoms with Gasteiger partial charge in [-0.1, -0.05) is 81.4 Å². The second kappa shape index (κ2) is 12.6. The summed E-state index contributed by atoms with van der Waals surface area (Å²) in [5.41, 5.74) is 8.08. The van der Waals surface area contributed by atoms with Crippen molar-refractivity contribution in [3.63, 3.8) is 0 Å². The van der Waals surface area contributed by atoms with Gasteiger partial charge in [0.15, 0.2) is 0 Å². The van der Waals surface area contributed by atoms with E-state index in [9.17, 15) is 9.59 Å². The standard InChI is InChI=1S/C31H41FN6O2/c1-23(39)35-15-17-36(18-16-35)30(40)38(21-26(32)19-33)28(31(2,3)4)29-34-27(25-13-9-6-10-14-25)22-37(29)20-24-11-7-5-8-12-24/h5-14,22,26,28H,15-21,33H2,1-4H3/t26-,28-/m0/s1. The number of amides is 3. The van der Waals surface area contributed by atoms with Crippen LogP contribution in [-0.4, -0.2) is 81.6 Å². The lowest BCUT2D eigenvalue weighted by Crippen LogP contribution is -2.56. The van der Waals surface area contributed by atoms with Crippen LogP contribution in [0.25, 0.3) is 11.3 Å². The highest BCUT2D eigenvalue weighted by atomic mass is 19.1. The predicted molar refractivity (Wildman–Crippen MR) is 155 cm³/mol. The fraction of sp³-hybridized carbons (Fsp3) is 0.452. The zero-order valence-corrected chi connectivity index (χ0v) is 24.0. The SMILES string of the molecule is CC(=O)N1CCN(C(=O)N(C[C@@H](F)CN)[C@@H](c2nc(-c3ccccc3)cn2Cc2ccccc2)C(C)(C)C)CC1. The molecule has 4 rings (SSSR count). The van der Waals surface area contributed by atoms with Crippen molar-refractivity contribution in [1.82, 2.24) is 24.3 Å². The van der Waals surface area contributed by atoms with Crippen LogP contribution in [0.2, 0.25) is 0 Å². The van der Waals surface area contributed by atoms with Crippen molar-refractivity contribution < 1.29 is 14.0 Å². The molecule has 2 heterocycles. The third-order valence-corrected chi connectivity index (χ3v) is 7.34. The van der Waals surface area contributed by atoms with Gasteiger partial charge in [-0.15, -0.1) is 0 Å². The number of alkyl halides is 1. The van der Waals surface area contributed by atoms with Crippen molar-refractivity contribution in [2.45, 2.75) is 46.5 Å². The molecule has 2 N–H and O–H groups in total. The van der Waals surface area contributed by atoms with E-state index in [4.69, 9.17) is 10.7 Å². The summed E-state index contributed by atoms with van der Waals surface area (Å²) in [5.74, 6) is 0.676. The van der Waals surface area contributed by atoms with E-state index in [-0.39, 0.29) is 25.0 Å². The molecule has 1 aliphatic heterocycles. The molecule has 0 spiro atoms. The van der Waals surface area contributed by atoms with Gasteiger partial charge in [0.25, 0.3) is 0 Å². The largest absolute Gasteiger partial charge is 0.339 e. The summed E-state index contributed by atoms with van der Waals surface area (Å²) in [5, 5.41) is 0. The summed E-state index contributed by atoms with van der Waals surface area (Å²) in [7, 11) is 0. The van der Waals surface area contributed by atoms with E-state index in [1.54, 1.807) is 14.7 Å². The van der Waals surface area contributed by atoms with Crippen molar-refractivity contribution >= 4 is 11.9 Å². The maximum atomic E-state index is 15.0. The van der Waals surface area contributed by atoms with Crippen LogP contribution in [0.4, 0.5) is 9.18 Å².